The maximum atomic E-state index is 15.2. The van der Waals surface area contributed by atoms with Gasteiger partial charge >= 0.3 is 12.1 Å². The largest absolute Gasteiger partial charge is 0.452 e. The van der Waals surface area contributed by atoms with Crippen LogP contribution in [0.1, 0.15) is 43.1 Å². The van der Waals surface area contributed by atoms with Crippen LogP contribution in [0.5, 0.6) is 0 Å². The predicted octanol–water partition coefficient (Wildman–Crippen LogP) is 3.83. The Morgan fingerprint density at radius 2 is 1.84 bits per heavy atom. The third-order valence-electron chi connectivity index (χ3n) is 7.73. The van der Waals surface area contributed by atoms with Gasteiger partial charge in [0.2, 0.25) is 0 Å². The molecule has 2 fully saturated rings. The Kier molecular flexibility index (Phi) is 11.3. The van der Waals surface area contributed by atoms with Crippen LogP contribution in [0, 0.1) is 5.82 Å². The molecule has 0 aromatic heterocycles. The molecule has 0 spiro atoms. The summed E-state index contributed by atoms with van der Waals surface area (Å²) in [5, 5.41) is 3.07. The summed E-state index contributed by atoms with van der Waals surface area (Å²) in [5.41, 5.74) is 2.23. The van der Waals surface area contributed by atoms with E-state index in [1.165, 1.54) is 11.0 Å². The van der Waals surface area contributed by atoms with E-state index in [4.69, 9.17) is 21.7 Å². The summed E-state index contributed by atoms with van der Waals surface area (Å²) in [6, 6.07) is 11.9. The molecular weight excluding hydrogens is 573 g/mol. The van der Waals surface area contributed by atoms with Crippen LogP contribution in [0.15, 0.2) is 42.5 Å². The average molecular weight is 614 g/mol. The lowest BCUT2D eigenvalue weighted by molar-refractivity contribution is -0.134. The number of hydrogen-bond acceptors (Lipinski definition) is 8. The fourth-order valence-electron chi connectivity index (χ4n) is 5.11. The number of piperazine rings is 1. The number of amides is 2. The van der Waals surface area contributed by atoms with Gasteiger partial charge in [0.05, 0.1) is 35.0 Å². The van der Waals surface area contributed by atoms with Crippen molar-refractivity contribution in [2.45, 2.75) is 39.8 Å². The standard InChI is InChI=1S/C31H40FN5O5S/c1-4-28(43)33-18-25-20-37(31(40)42-25)24-10-11-27(26(32)17-24)35-12-14-36(15-13-35)29(38)21-41-30(39)23-9-7-8-22(16-23)19-34(5-2)6-3/h7-11,16-17,25H,4-6,12-15,18-21H2,1-3H3,(H,33,43)/t25-/m0/s1. The van der Waals surface area contributed by atoms with Gasteiger partial charge in [-0.05, 0) is 55.4 Å². The number of anilines is 2. The molecule has 1 atom stereocenters. The van der Waals surface area contributed by atoms with Gasteiger partial charge in [0, 0.05) is 32.7 Å². The first-order valence-corrected chi connectivity index (χ1v) is 15.2. The minimum Gasteiger partial charge on any atom is -0.452 e. The van der Waals surface area contributed by atoms with Crippen LogP contribution in [-0.4, -0.2) is 97.8 Å². The van der Waals surface area contributed by atoms with Gasteiger partial charge in [0.15, 0.2) is 6.61 Å². The Bertz CT molecular complexity index is 1320. The molecule has 0 aliphatic carbocycles. The summed E-state index contributed by atoms with van der Waals surface area (Å²) in [6.07, 6.45) is -0.205. The Labute approximate surface area is 257 Å². The Hall–Kier alpha value is -3.77. The molecule has 2 amide bonds. The van der Waals surface area contributed by atoms with Crippen LogP contribution in [0.2, 0.25) is 0 Å². The molecule has 2 aliphatic rings. The third-order valence-corrected chi connectivity index (χ3v) is 8.16. The summed E-state index contributed by atoms with van der Waals surface area (Å²) >= 11 is 5.16. The van der Waals surface area contributed by atoms with Gasteiger partial charge in [-0.15, -0.1) is 0 Å². The lowest BCUT2D eigenvalue weighted by atomic mass is 10.1. The van der Waals surface area contributed by atoms with E-state index >= 15 is 4.39 Å². The van der Waals surface area contributed by atoms with Crippen molar-refractivity contribution in [3.05, 3.63) is 59.4 Å². The van der Waals surface area contributed by atoms with Gasteiger partial charge in [-0.1, -0.05) is 45.1 Å². The maximum absolute atomic E-state index is 15.2. The number of hydrogen-bond donors (Lipinski definition) is 1. The van der Waals surface area contributed by atoms with Gasteiger partial charge < -0.3 is 24.6 Å². The van der Waals surface area contributed by atoms with Crippen molar-refractivity contribution >= 4 is 46.6 Å². The number of esters is 1. The Morgan fingerprint density at radius 1 is 1.09 bits per heavy atom. The maximum Gasteiger partial charge on any atom is 0.414 e. The summed E-state index contributed by atoms with van der Waals surface area (Å²) < 4.78 is 25.9. The van der Waals surface area contributed by atoms with Gasteiger partial charge in [0.1, 0.15) is 11.9 Å². The van der Waals surface area contributed by atoms with Crippen molar-refractivity contribution in [3.63, 3.8) is 0 Å². The first-order valence-electron chi connectivity index (χ1n) is 14.8. The first-order chi connectivity index (χ1) is 20.7. The molecule has 232 valence electrons. The van der Waals surface area contributed by atoms with Crippen molar-refractivity contribution < 1.29 is 28.2 Å². The highest BCUT2D eigenvalue weighted by Crippen LogP contribution is 2.28. The highest BCUT2D eigenvalue weighted by Gasteiger charge is 2.33. The van der Waals surface area contributed by atoms with Gasteiger partial charge in [-0.25, -0.2) is 14.0 Å². The molecule has 2 aromatic rings. The van der Waals surface area contributed by atoms with Crippen LogP contribution < -0.4 is 15.1 Å². The van der Waals surface area contributed by atoms with E-state index in [0.29, 0.717) is 67.6 Å². The average Bonchev–Trinajstić information content (AvgIpc) is 3.41. The minimum atomic E-state index is -0.538. The molecule has 0 radical (unpaired) electrons. The highest BCUT2D eigenvalue weighted by molar-refractivity contribution is 7.80. The van der Waals surface area contributed by atoms with Crippen molar-refractivity contribution in [1.82, 2.24) is 15.1 Å². The zero-order valence-electron chi connectivity index (χ0n) is 25.0. The number of carbonyl (C=O) groups is 3. The van der Waals surface area contributed by atoms with Gasteiger partial charge in [-0.2, -0.15) is 0 Å². The van der Waals surface area contributed by atoms with Crippen LogP contribution in [0.3, 0.4) is 0 Å². The number of halogens is 1. The molecule has 2 saturated heterocycles. The Balaban J connectivity index is 1.25. The molecule has 12 heteroatoms. The zero-order valence-corrected chi connectivity index (χ0v) is 25.8. The number of ether oxygens (including phenoxy) is 2. The van der Waals surface area contributed by atoms with Crippen molar-refractivity contribution in [1.29, 1.82) is 0 Å². The highest BCUT2D eigenvalue weighted by atomic mass is 32.1. The normalized spacial score (nSPS) is 16.8. The number of rotatable bonds is 12. The molecule has 0 bridgehead atoms. The smallest absolute Gasteiger partial charge is 0.414 e. The number of carbonyl (C=O) groups excluding carboxylic acids is 3. The van der Waals surface area contributed by atoms with Crippen LogP contribution >= 0.6 is 12.2 Å². The molecule has 43 heavy (non-hydrogen) atoms. The number of cyclic esters (lactones) is 1. The molecule has 2 aliphatic heterocycles. The SMILES string of the molecule is CCC(=S)NC[C@H]1CN(c2ccc(N3CCN(C(=O)COC(=O)c4cccc(CN(CC)CC)c4)CC3)c(F)c2)C(=O)O1. The molecule has 2 heterocycles. The lowest BCUT2D eigenvalue weighted by Crippen LogP contribution is -2.50. The van der Waals surface area contributed by atoms with Crippen molar-refractivity contribution in [3.8, 4) is 0 Å². The van der Waals surface area contributed by atoms with Gasteiger partial charge in [0.25, 0.3) is 5.91 Å². The van der Waals surface area contributed by atoms with Crippen molar-refractivity contribution in [2.75, 3.05) is 68.8 Å². The predicted molar refractivity (Wildman–Crippen MR) is 167 cm³/mol. The van der Waals surface area contributed by atoms with Crippen LogP contribution in [-0.2, 0) is 20.8 Å². The van der Waals surface area contributed by atoms with Crippen LogP contribution in [0.25, 0.3) is 0 Å². The van der Waals surface area contributed by atoms with E-state index in [9.17, 15) is 14.4 Å². The van der Waals surface area contributed by atoms with E-state index in [0.717, 1.165) is 25.2 Å². The van der Waals surface area contributed by atoms with E-state index in [1.807, 2.05) is 24.0 Å². The van der Waals surface area contributed by atoms with Crippen LogP contribution in [0.4, 0.5) is 20.6 Å². The summed E-state index contributed by atoms with van der Waals surface area (Å²) in [5.74, 6) is -1.29. The second-order valence-electron chi connectivity index (χ2n) is 10.5. The number of benzene rings is 2. The molecule has 1 N–H and O–H groups in total. The first kappa shape index (κ1) is 32.2. The molecule has 0 unspecified atom stereocenters. The lowest BCUT2D eigenvalue weighted by Gasteiger charge is -2.36. The van der Waals surface area contributed by atoms with E-state index < -0.39 is 17.9 Å². The minimum absolute atomic E-state index is 0.292. The monoisotopic (exact) mass is 613 g/mol. The van der Waals surface area contributed by atoms with E-state index in [2.05, 4.69) is 24.1 Å². The van der Waals surface area contributed by atoms with Crippen molar-refractivity contribution in [2.24, 2.45) is 0 Å². The molecule has 2 aromatic carbocycles. The fraction of sp³-hybridized carbons (Fsp3) is 0.484. The molecular formula is C31H40FN5O5S. The molecule has 4 rings (SSSR count). The quantitative estimate of drug-likeness (QED) is 0.283. The number of nitrogens with one attached hydrogen (secondary N) is 1. The zero-order chi connectivity index (χ0) is 30.9. The third kappa shape index (κ3) is 8.41. The van der Waals surface area contributed by atoms with E-state index in [-0.39, 0.29) is 18.6 Å². The summed E-state index contributed by atoms with van der Waals surface area (Å²) in [4.78, 5) is 45.6. The Morgan fingerprint density at radius 3 is 2.51 bits per heavy atom. The fourth-order valence-corrected chi connectivity index (χ4v) is 5.20. The van der Waals surface area contributed by atoms with Gasteiger partial charge in [-0.3, -0.25) is 14.6 Å². The number of nitrogens with zero attached hydrogens (tertiary/aromatic N) is 4. The van der Waals surface area contributed by atoms with E-state index in [1.54, 1.807) is 29.2 Å². The second-order valence-corrected chi connectivity index (χ2v) is 11.0. The topological polar surface area (TPSA) is 94.7 Å². The second kappa shape index (κ2) is 15.1. The summed E-state index contributed by atoms with van der Waals surface area (Å²) in [6.45, 7) is 10.6. The molecule has 0 saturated carbocycles. The summed E-state index contributed by atoms with van der Waals surface area (Å²) in [7, 11) is 0. The molecule has 10 nitrogen and oxygen atoms in total. The number of thiocarbonyl (C=S) groups is 1.